The van der Waals surface area contributed by atoms with E-state index in [1.165, 1.54) is 0 Å². The molecule has 1 aliphatic carbocycles. The van der Waals surface area contributed by atoms with E-state index in [9.17, 15) is 9.90 Å². The summed E-state index contributed by atoms with van der Waals surface area (Å²) < 4.78 is 5.91. The van der Waals surface area contributed by atoms with Crippen LogP contribution in [-0.2, 0) is 6.42 Å². The molecule has 0 saturated heterocycles. The number of H-pyrrole nitrogens is 1. The summed E-state index contributed by atoms with van der Waals surface area (Å²) in [6.07, 6.45) is 2.76. The third-order valence-electron chi connectivity index (χ3n) is 4.67. The number of ether oxygens (including phenoxy) is 1. The highest BCUT2D eigenvalue weighted by atomic mass is 35.5. The van der Waals surface area contributed by atoms with Crippen molar-refractivity contribution in [3.8, 4) is 17.4 Å². The van der Waals surface area contributed by atoms with Crippen LogP contribution in [0.15, 0.2) is 41.2 Å². The Hall–Kier alpha value is -2.75. The minimum atomic E-state index is -0.243. The summed E-state index contributed by atoms with van der Waals surface area (Å²) >= 11 is 7.26. The molecule has 0 aliphatic heterocycles. The Morgan fingerprint density at radius 2 is 2.15 bits per heavy atom. The molecule has 1 aliphatic rings. The Morgan fingerprint density at radius 3 is 2.85 bits per heavy atom. The average molecular weight is 399 g/mol. The van der Waals surface area contributed by atoms with Crippen LogP contribution in [0.5, 0.6) is 17.4 Å². The van der Waals surface area contributed by atoms with Crippen molar-refractivity contribution in [1.29, 1.82) is 0 Å². The maximum absolute atomic E-state index is 11.6. The predicted octanol–water partition coefficient (Wildman–Crippen LogP) is 5.61. The topological polar surface area (TPSA) is 66.7 Å². The van der Waals surface area contributed by atoms with Crippen LogP contribution in [0.4, 0.5) is 5.69 Å². The molecular weight excluding hydrogens is 384 g/mol. The van der Waals surface area contributed by atoms with E-state index in [-0.39, 0.29) is 16.7 Å². The highest BCUT2D eigenvalue weighted by Crippen LogP contribution is 2.42. The van der Waals surface area contributed by atoms with E-state index >= 15 is 0 Å². The second-order valence-corrected chi connectivity index (χ2v) is 7.78. The van der Waals surface area contributed by atoms with Crippen molar-refractivity contribution in [2.45, 2.75) is 25.2 Å². The van der Waals surface area contributed by atoms with Crippen LogP contribution in [-0.4, -0.2) is 10.1 Å². The molecule has 0 spiro atoms. The van der Waals surface area contributed by atoms with Gasteiger partial charge in [-0.1, -0.05) is 35.1 Å². The highest BCUT2D eigenvalue weighted by molar-refractivity contribution is 7.09. The molecule has 5 nitrogen and oxygen atoms in total. The smallest absolute Gasteiger partial charge is 0.307 e. The first-order chi connectivity index (χ1) is 13.0. The molecule has 0 unspecified atom stereocenters. The van der Waals surface area contributed by atoms with Gasteiger partial charge in [-0.05, 0) is 54.7 Å². The zero-order valence-corrected chi connectivity index (χ0v) is 15.7. The second kappa shape index (κ2) is 7.10. The molecule has 0 radical (unpaired) electrons. The Labute approximate surface area is 164 Å². The first-order valence-corrected chi connectivity index (χ1v) is 9.64. The molecule has 2 aromatic carbocycles. The lowest BCUT2D eigenvalue weighted by molar-refractivity contribution is 0.443. The molecule has 1 aromatic heterocycles. The number of aromatic hydroxyl groups is 1. The van der Waals surface area contributed by atoms with Crippen molar-refractivity contribution >= 4 is 28.6 Å². The average Bonchev–Trinajstić information content (AvgIpc) is 3.00. The van der Waals surface area contributed by atoms with Crippen molar-refractivity contribution in [2.75, 3.05) is 0 Å². The first-order valence-electron chi connectivity index (χ1n) is 8.45. The Morgan fingerprint density at radius 1 is 1.30 bits per heavy atom. The van der Waals surface area contributed by atoms with Gasteiger partial charge in [0, 0.05) is 5.92 Å². The van der Waals surface area contributed by atoms with Crippen LogP contribution in [0.2, 0.25) is 5.02 Å². The maximum atomic E-state index is 11.6. The van der Waals surface area contributed by atoms with E-state index in [0.29, 0.717) is 27.1 Å². The SMILES string of the molecule is [C-]#[N+]c1ccc(Oc2ccc3c(c2)CCC[C@H]3c2sc(=O)[nH]c2O)c(Cl)c1. The quantitative estimate of drug-likeness (QED) is 0.564. The molecule has 4 rings (SSSR count). The van der Waals surface area contributed by atoms with Gasteiger partial charge in [0.1, 0.15) is 11.5 Å². The molecule has 7 heteroatoms. The number of fused-ring (bicyclic) bond motifs is 1. The van der Waals surface area contributed by atoms with E-state index in [2.05, 4.69) is 9.83 Å². The summed E-state index contributed by atoms with van der Waals surface area (Å²) in [5, 5.41) is 10.4. The lowest BCUT2D eigenvalue weighted by atomic mass is 9.82. The molecule has 0 bridgehead atoms. The number of halogens is 1. The number of aromatic nitrogens is 1. The lowest BCUT2D eigenvalue weighted by Gasteiger charge is -2.25. The van der Waals surface area contributed by atoms with Gasteiger partial charge in [-0.2, -0.15) is 0 Å². The number of hydrogen-bond acceptors (Lipinski definition) is 4. The van der Waals surface area contributed by atoms with E-state index < -0.39 is 0 Å². The normalized spacial score (nSPS) is 15.8. The van der Waals surface area contributed by atoms with Gasteiger partial charge in [-0.15, -0.1) is 0 Å². The largest absolute Gasteiger partial charge is 0.494 e. The highest BCUT2D eigenvalue weighted by Gasteiger charge is 2.26. The van der Waals surface area contributed by atoms with Gasteiger partial charge >= 0.3 is 4.87 Å². The third kappa shape index (κ3) is 3.44. The van der Waals surface area contributed by atoms with Gasteiger partial charge in [0.25, 0.3) is 0 Å². The van der Waals surface area contributed by atoms with Crippen molar-refractivity contribution in [1.82, 2.24) is 4.98 Å². The minimum Gasteiger partial charge on any atom is -0.494 e. The zero-order valence-electron chi connectivity index (χ0n) is 14.2. The first kappa shape index (κ1) is 17.7. The molecular formula is C20H15ClN2O3S. The number of aryl methyl sites for hydroxylation is 1. The molecule has 1 heterocycles. The van der Waals surface area contributed by atoms with Crippen molar-refractivity contribution < 1.29 is 9.84 Å². The predicted molar refractivity (Wildman–Crippen MR) is 106 cm³/mol. The standard InChI is InChI=1S/C20H15ClN2O3S/c1-22-12-5-8-17(16(21)10-12)26-13-6-7-14-11(9-13)3-2-4-15(14)18-19(24)23-20(25)27-18/h5-10,15,24H,2-4H2,(H,23,25)/t15-/m1/s1. The zero-order chi connectivity index (χ0) is 19.0. The van der Waals surface area contributed by atoms with Crippen LogP contribution in [0.3, 0.4) is 0 Å². The van der Waals surface area contributed by atoms with E-state index in [4.69, 9.17) is 22.9 Å². The van der Waals surface area contributed by atoms with Gasteiger partial charge in [-0.25, -0.2) is 4.85 Å². The van der Waals surface area contributed by atoms with Crippen LogP contribution in [0, 0.1) is 6.57 Å². The Kier molecular flexibility index (Phi) is 4.65. The van der Waals surface area contributed by atoms with Crippen molar-refractivity contribution in [3.05, 3.63) is 78.5 Å². The molecule has 27 heavy (non-hydrogen) atoms. The summed E-state index contributed by atoms with van der Waals surface area (Å²) in [5.74, 6) is 1.14. The Balaban J connectivity index is 1.65. The molecule has 1 atom stereocenters. The molecule has 2 N–H and O–H groups in total. The van der Waals surface area contributed by atoms with E-state index in [1.807, 2.05) is 18.2 Å². The summed E-state index contributed by atoms with van der Waals surface area (Å²) in [7, 11) is 0. The minimum absolute atomic E-state index is 0.00767. The molecule has 0 fully saturated rings. The molecule has 3 aromatic rings. The van der Waals surface area contributed by atoms with E-state index in [1.54, 1.807) is 18.2 Å². The summed E-state index contributed by atoms with van der Waals surface area (Å²) in [6, 6.07) is 10.8. The number of rotatable bonds is 3. The van der Waals surface area contributed by atoms with Crippen LogP contribution < -0.4 is 9.61 Å². The van der Waals surface area contributed by atoms with Gasteiger partial charge in [0.05, 0.1) is 16.5 Å². The second-order valence-electron chi connectivity index (χ2n) is 6.36. The number of benzene rings is 2. The van der Waals surface area contributed by atoms with Gasteiger partial charge in [0.2, 0.25) is 5.88 Å². The number of hydrogen-bond donors (Lipinski definition) is 2. The van der Waals surface area contributed by atoms with Gasteiger partial charge < -0.3 is 9.84 Å². The van der Waals surface area contributed by atoms with Crippen molar-refractivity contribution in [2.24, 2.45) is 0 Å². The van der Waals surface area contributed by atoms with Gasteiger partial charge in [-0.3, -0.25) is 9.78 Å². The summed E-state index contributed by atoms with van der Waals surface area (Å²) in [6.45, 7) is 7.03. The fourth-order valence-corrected chi connectivity index (χ4v) is 4.56. The number of aromatic amines is 1. The Bertz CT molecular complexity index is 1110. The summed E-state index contributed by atoms with van der Waals surface area (Å²) in [4.78, 5) is 17.8. The summed E-state index contributed by atoms with van der Waals surface area (Å²) in [5.41, 5.74) is 2.71. The third-order valence-corrected chi connectivity index (χ3v) is 5.95. The maximum Gasteiger partial charge on any atom is 0.307 e. The molecule has 0 amide bonds. The fraction of sp³-hybridized carbons (Fsp3) is 0.200. The van der Waals surface area contributed by atoms with Crippen LogP contribution in [0.1, 0.15) is 34.8 Å². The van der Waals surface area contributed by atoms with Gasteiger partial charge in [0.15, 0.2) is 5.69 Å². The monoisotopic (exact) mass is 398 g/mol. The van der Waals surface area contributed by atoms with Crippen molar-refractivity contribution in [3.63, 3.8) is 0 Å². The number of thiazole rings is 1. The fourth-order valence-electron chi connectivity index (χ4n) is 3.46. The van der Waals surface area contributed by atoms with Crippen LogP contribution in [0.25, 0.3) is 4.85 Å². The molecule has 136 valence electrons. The molecule has 0 saturated carbocycles. The van der Waals surface area contributed by atoms with Crippen LogP contribution >= 0.6 is 22.9 Å². The van der Waals surface area contributed by atoms with E-state index in [0.717, 1.165) is 41.7 Å². The number of nitrogens with one attached hydrogen (secondary N) is 1. The lowest BCUT2D eigenvalue weighted by Crippen LogP contribution is -2.10. The number of nitrogens with zero attached hydrogens (tertiary/aromatic N) is 1.